The molecule has 3 nitrogen and oxygen atoms in total. The second-order valence-electron chi connectivity index (χ2n) is 6.13. The Kier molecular flexibility index (Phi) is 4.63. The molecule has 0 radical (unpaired) electrons. The maximum atomic E-state index is 10.2. The molecular formula is C14H27NO2S. The fourth-order valence-electron chi connectivity index (χ4n) is 3.43. The summed E-state index contributed by atoms with van der Waals surface area (Å²) in [6.45, 7) is 5.52. The standard InChI is InChI=1S/C14H27NO2S/c1-4-17-12-8-11(14(12)6-5-7-14)15-9-13(2,16)10-18-3/h11-12,15-16H,4-10H2,1-3H3. The molecule has 2 N–H and O–H groups in total. The van der Waals surface area contributed by atoms with Gasteiger partial charge in [0.15, 0.2) is 0 Å². The highest BCUT2D eigenvalue weighted by atomic mass is 32.2. The summed E-state index contributed by atoms with van der Waals surface area (Å²) in [5.74, 6) is 0.786. The van der Waals surface area contributed by atoms with Crippen molar-refractivity contribution in [2.24, 2.45) is 5.41 Å². The summed E-state index contributed by atoms with van der Waals surface area (Å²) in [5, 5.41) is 13.8. The van der Waals surface area contributed by atoms with E-state index in [1.165, 1.54) is 19.3 Å². The van der Waals surface area contributed by atoms with E-state index < -0.39 is 5.60 Å². The highest BCUT2D eigenvalue weighted by Crippen LogP contribution is 2.57. The van der Waals surface area contributed by atoms with Gasteiger partial charge in [0.1, 0.15) is 0 Å². The molecule has 2 aliphatic rings. The Bertz CT molecular complexity index is 279. The molecular weight excluding hydrogens is 246 g/mol. The van der Waals surface area contributed by atoms with Gasteiger partial charge in [-0.15, -0.1) is 0 Å². The van der Waals surface area contributed by atoms with Gasteiger partial charge >= 0.3 is 0 Å². The van der Waals surface area contributed by atoms with E-state index >= 15 is 0 Å². The van der Waals surface area contributed by atoms with Crippen LogP contribution in [0.1, 0.15) is 39.5 Å². The van der Waals surface area contributed by atoms with Crippen LogP contribution in [0.5, 0.6) is 0 Å². The van der Waals surface area contributed by atoms with Gasteiger partial charge in [-0.25, -0.2) is 0 Å². The summed E-state index contributed by atoms with van der Waals surface area (Å²) < 4.78 is 5.84. The zero-order chi connectivity index (χ0) is 13.2. The van der Waals surface area contributed by atoms with Crippen LogP contribution in [-0.2, 0) is 4.74 Å². The fraction of sp³-hybridized carbons (Fsp3) is 1.00. The van der Waals surface area contributed by atoms with Crippen molar-refractivity contribution in [2.75, 3.05) is 25.2 Å². The summed E-state index contributed by atoms with van der Waals surface area (Å²) in [6, 6.07) is 0.552. The van der Waals surface area contributed by atoms with Crippen LogP contribution in [0.15, 0.2) is 0 Å². The third-order valence-electron chi connectivity index (χ3n) is 4.62. The number of aliphatic hydroxyl groups is 1. The molecule has 2 aliphatic carbocycles. The van der Waals surface area contributed by atoms with Gasteiger partial charge in [-0.1, -0.05) is 6.42 Å². The minimum absolute atomic E-state index is 0.394. The average Bonchev–Trinajstić information content (AvgIpc) is 2.19. The van der Waals surface area contributed by atoms with Crippen molar-refractivity contribution in [3.63, 3.8) is 0 Å². The van der Waals surface area contributed by atoms with Crippen LogP contribution in [0.25, 0.3) is 0 Å². The second-order valence-corrected chi connectivity index (χ2v) is 7.00. The first-order chi connectivity index (χ1) is 8.54. The van der Waals surface area contributed by atoms with Crippen LogP contribution in [0.2, 0.25) is 0 Å². The van der Waals surface area contributed by atoms with Crippen LogP contribution in [0.4, 0.5) is 0 Å². The minimum Gasteiger partial charge on any atom is -0.388 e. The molecule has 0 saturated heterocycles. The summed E-state index contributed by atoms with van der Waals surface area (Å²) >= 11 is 1.70. The zero-order valence-corrected chi connectivity index (χ0v) is 12.7. The van der Waals surface area contributed by atoms with Crippen molar-refractivity contribution in [3.05, 3.63) is 0 Å². The molecule has 3 atom stereocenters. The monoisotopic (exact) mass is 273 g/mol. The third-order valence-corrected chi connectivity index (χ3v) is 5.53. The topological polar surface area (TPSA) is 41.5 Å². The van der Waals surface area contributed by atoms with Gasteiger partial charge in [-0.05, 0) is 39.4 Å². The first-order valence-electron chi connectivity index (χ1n) is 7.10. The Morgan fingerprint density at radius 1 is 1.50 bits per heavy atom. The Labute approximate surface area is 115 Å². The van der Waals surface area contributed by atoms with E-state index in [9.17, 15) is 5.11 Å². The van der Waals surface area contributed by atoms with Crippen molar-refractivity contribution < 1.29 is 9.84 Å². The molecule has 1 spiro atoms. The molecule has 4 heteroatoms. The first-order valence-corrected chi connectivity index (χ1v) is 8.50. The van der Waals surface area contributed by atoms with E-state index in [2.05, 4.69) is 12.2 Å². The number of hydrogen-bond acceptors (Lipinski definition) is 4. The number of rotatable bonds is 7. The summed E-state index contributed by atoms with van der Waals surface area (Å²) in [4.78, 5) is 0. The summed E-state index contributed by atoms with van der Waals surface area (Å²) in [5.41, 5.74) is -0.202. The molecule has 2 rings (SSSR count). The number of thioether (sulfide) groups is 1. The number of ether oxygens (including phenoxy) is 1. The van der Waals surface area contributed by atoms with Crippen molar-refractivity contribution in [3.8, 4) is 0 Å². The van der Waals surface area contributed by atoms with E-state index in [4.69, 9.17) is 4.74 Å². The molecule has 2 saturated carbocycles. The molecule has 3 unspecified atom stereocenters. The fourth-order valence-corrected chi connectivity index (χ4v) is 4.15. The van der Waals surface area contributed by atoms with Gasteiger partial charge in [0, 0.05) is 30.4 Å². The highest BCUT2D eigenvalue weighted by Gasteiger charge is 2.58. The molecule has 0 amide bonds. The molecule has 0 aromatic carbocycles. The van der Waals surface area contributed by atoms with Crippen LogP contribution in [0.3, 0.4) is 0 Å². The largest absolute Gasteiger partial charge is 0.388 e. The predicted octanol–water partition coefficient (Wildman–Crippen LogP) is 2.04. The van der Waals surface area contributed by atoms with E-state index in [0.29, 0.717) is 24.1 Å². The van der Waals surface area contributed by atoms with Crippen LogP contribution in [-0.4, -0.2) is 48.0 Å². The Morgan fingerprint density at radius 3 is 2.72 bits per heavy atom. The van der Waals surface area contributed by atoms with Crippen molar-refractivity contribution in [1.29, 1.82) is 0 Å². The second kappa shape index (κ2) is 5.70. The van der Waals surface area contributed by atoms with Crippen molar-refractivity contribution in [1.82, 2.24) is 5.32 Å². The lowest BCUT2D eigenvalue weighted by atomic mass is 9.51. The van der Waals surface area contributed by atoms with Gasteiger partial charge in [-0.3, -0.25) is 0 Å². The Morgan fingerprint density at radius 2 is 2.22 bits per heavy atom. The lowest BCUT2D eigenvalue weighted by Crippen LogP contribution is -2.68. The van der Waals surface area contributed by atoms with Crippen molar-refractivity contribution >= 4 is 11.8 Å². The third kappa shape index (κ3) is 2.72. The Hall–Kier alpha value is 0.230. The van der Waals surface area contributed by atoms with Gasteiger partial charge in [0.05, 0.1) is 11.7 Å². The minimum atomic E-state index is -0.596. The molecule has 18 heavy (non-hydrogen) atoms. The van der Waals surface area contributed by atoms with E-state index in [1.54, 1.807) is 11.8 Å². The quantitative estimate of drug-likeness (QED) is 0.745. The van der Waals surface area contributed by atoms with Crippen LogP contribution < -0.4 is 5.32 Å². The number of hydrogen-bond donors (Lipinski definition) is 2. The lowest BCUT2D eigenvalue weighted by Gasteiger charge is -2.61. The maximum absolute atomic E-state index is 10.2. The average molecular weight is 273 g/mol. The molecule has 0 aliphatic heterocycles. The summed E-state index contributed by atoms with van der Waals surface area (Å²) in [7, 11) is 0. The first kappa shape index (κ1) is 14.6. The van der Waals surface area contributed by atoms with Crippen LogP contribution in [0, 0.1) is 5.41 Å². The molecule has 0 aromatic heterocycles. The van der Waals surface area contributed by atoms with Crippen LogP contribution >= 0.6 is 11.8 Å². The molecule has 0 bridgehead atoms. The maximum Gasteiger partial charge on any atom is 0.0833 e. The van der Waals surface area contributed by atoms with Gasteiger partial charge in [0.25, 0.3) is 0 Å². The van der Waals surface area contributed by atoms with E-state index in [0.717, 1.165) is 18.8 Å². The zero-order valence-electron chi connectivity index (χ0n) is 11.9. The summed E-state index contributed by atoms with van der Waals surface area (Å²) in [6.07, 6.45) is 7.53. The molecule has 2 fully saturated rings. The van der Waals surface area contributed by atoms with E-state index in [1.807, 2.05) is 13.2 Å². The Balaban J connectivity index is 1.81. The van der Waals surface area contributed by atoms with Gasteiger partial charge in [0.2, 0.25) is 0 Å². The highest BCUT2D eigenvalue weighted by molar-refractivity contribution is 7.98. The SMILES string of the molecule is CCOC1CC(NCC(C)(O)CSC)C12CCC2. The predicted molar refractivity (Wildman–Crippen MR) is 77.1 cm³/mol. The van der Waals surface area contributed by atoms with Crippen molar-refractivity contribution in [2.45, 2.75) is 57.3 Å². The van der Waals surface area contributed by atoms with Gasteiger partial charge < -0.3 is 15.2 Å². The molecule has 0 aromatic rings. The van der Waals surface area contributed by atoms with E-state index in [-0.39, 0.29) is 0 Å². The van der Waals surface area contributed by atoms with Gasteiger partial charge in [-0.2, -0.15) is 11.8 Å². The number of nitrogens with one attached hydrogen (secondary N) is 1. The smallest absolute Gasteiger partial charge is 0.0833 e. The normalized spacial score (nSPS) is 32.7. The molecule has 106 valence electrons. The molecule has 0 heterocycles. The lowest BCUT2D eigenvalue weighted by molar-refractivity contribution is -0.174.